The van der Waals surface area contributed by atoms with Gasteiger partial charge in [-0.1, -0.05) is 50.8 Å². The molecule has 112 valence electrons. The average molecular weight is 282 g/mol. The Balaban J connectivity index is 1.85. The predicted octanol–water partition coefficient (Wildman–Crippen LogP) is 4.77. The van der Waals surface area contributed by atoms with Crippen molar-refractivity contribution in [3.63, 3.8) is 0 Å². The van der Waals surface area contributed by atoms with Crippen LogP contribution < -0.4 is 5.73 Å². The molecule has 2 unspecified atom stereocenters. The molecule has 2 heteroatoms. The highest BCUT2D eigenvalue weighted by molar-refractivity contribution is 5.79. The van der Waals surface area contributed by atoms with Gasteiger partial charge in [0.25, 0.3) is 0 Å². The molecule has 1 aliphatic carbocycles. The fourth-order valence-electron chi connectivity index (χ4n) is 3.80. The second-order valence-electron chi connectivity index (χ2n) is 6.65. The van der Waals surface area contributed by atoms with Crippen molar-refractivity contribution in [2.75, 3.05) is 0 Å². The molecule has 2 nitrogen and oxygen atoms in total. The lowest BCUT2D eigenvalue weighted by atomic mass is 9.83. The first-order valence-corrected chi connectivity index (χ1v) is 8.35. The molecule has 2 atom stereocenters. The van der Waals surface area contributed by atoms with Gasteiger partial charge in [-0.3, -0.25) is 4.98 Å². The zero-order valence-corrected chi connectivity index (χ0v) is 13.0. The van der Waals surface area contributed by atoms with Gasteiger partial charge >= 0.3 is 0 Å². The number of aromatic nitrogens is 1. The number of pyridine rings is 1. The second-order valence-corrected chi connectivity index (χ2v) is 6.65. The summed E-state index contributed by atoms with van der Waals surface area (Å²) in [7, 11) is 0. The number of hydrogen-bond acceptors (Lipinski definition) is 2. The van der Waals surface area contributed by atoms with E-state index in [4.69, 9.17) is 5.73 Å². The van der Waals surface area contributed by atoms with Gasteiger partial charge < -0.3 is 5.73 Å². The lowest BCUT2D eigenvalue weighted by Crippen LogP contribution is -2.36. The first-order chi connectivity index (χ1) is 10.2. The van der Waals surface area contributed by atoms with Crippen molar-refractivity contribution in [2.24, 2.45) is 11.7 Å². The van der Waals surface area contributed by atoms with Crippen LogP contribution in [0.3, 0.4) is 0 Å². The van der Waals surface area contributed by atoms with Gasteiger partial charge in [-0.2, -0.15) is 0 Å². The minimum atomic E-state index is -0.159. The summed E-state index contributed by atoms with van der Waals surface area (Å²) < 4.78 is 0. The summed E-state index contributed by atoms with van der Waals surface area (Å²) in [6.07, 6.45) is 10.6. The Kier molecular flexibility index (Phi) is 4.25. The first-order valence-electron chi connectivity index (χ1n) is 8.35. The normalized spacial score (nSPS) is 26.7. The van der Waals surface area contributed by atoms with Crippen molar-refractivity contribution in [1.82, 2.24) is 4.98 Å². The van der Waals surface area contributed by atoms with Crippen LogP contribution in [-0.2, 0) is 5.54 Å². The summed E-state index contributed by atoms with van der Waals surface area (Å²) in [5, 5.41) is 1.20. The van der Waals surface area contributed by atoms with Gasteiger partial charge in [0.15, 0.2) is 0 Å². The predicted molar refractivity (Wildman–Crippen MR) is 89.1 cm³/mol. The second kappa shape index (κ2) is 6.15. The Bertz CT molecular complexity index is 607. The van der Waals surface area contributed by atoms with E-state index < -0.39 is 0 Å². The number of rotatable bonds is 3. The van der Waals surface area contributed by atoms with E-state index in [1.54, 1.807) is 0 Å². The van der Waals surface area contributed by atoms with Crippen LogP contribution in [0.4, 0.5) is 0 Å². The van der Waals surface area contributed by atoms with E-state index in [9.17, 15) is 0 Å². The molecule has 0 radical (unpaired) electrons. The smallest absolute Gasteiger partial charge is 0.0705 e. The van der Waals surface area contributed by atoms with E-state index in [0.717, 1.165) is 24.3 Å². The van der Waals surface area contributed by atoms with E-state index in [1.807, 2.05) is 12.3 Å². The van der Waals surface area contributed by atoms with Gasteiger partial charge in [0.2, 0.25) is 0 Å². The average Bonchev–Trinajstić information content (AvgIpc) is 2.70. The maximum absolute atomic E-state index is 6.80. The minimum Gasteiger partial charge on any atom is -0.321 e. The van der Waals surface area contributed by atoms with Crippen molar-refractivity contribution in [3.05, 3.63) is 42.1 Å². The Morgan fingerprint density at radius 1 is 1.24 bits per heavy atom. The largest absolute Gasteiger partial charge is 0.321 e. The van der Waals surface area contributed by atoms with Gasteiger partial charge in [0, 0.05) is 17.1 Å². The number of benzene rings is 1. The van der Waals surface area contributed by atoms with Crippen LogP contribution in [-0.4, -0.2) is 4.98 Å². The maximum Gasteiger partial charge on any atom is 0.0705 e. The molecule has 1 saturated carbocycles. The Labute approximate surface area is 127 Å². The van der Waals surface area contributed by atoms with Crippen molar-refractivity contribution < 1.29 is 0 Å². The van der Waals surface area contributed by atoms with Crippen LogP contribution in [0.2, 0.25) is 0 Å². The Morgan fingerprint density at radius 3 is 3.00 bits per heavy atom. The van der Waals surface area contributed by atoms with Crippen LogP contribution >= 0.6 is 0 Å². The molecule has 0 amide bonds. The summed E-state index contributed by atoms with van der Waals surface area (Å²) in [5.74, 6) is 0.874. The third-order valence-corrected chi connectivity index (χ3v) is 5.11. The lowest BCUT2D eigenvalue weighted by Gasteiger charge is -2.29. The van der Waals surface area contributed by atoms with Crippen molar-refractivity contribution in [2.45, 2.75) is 57.4 Å². The number of nitrogens with zero attached hydrogens (tertiary/aromatic N) is 1. The van der Waals surface area contributed by atoms with Crippen LogP contribution in [0.25, 0.3) is 10.9 Å². The highest BCUT2D eigenvalue weighted by atomic mass is 14.7. The van der Waals surface area contributed by atoms with Crippen LogP contribution in [0.1, 0.15) is 57.4 Å². The highest BCUT2D eigenvalue weighted by Gasteiger charge is 2.30. The molecule has 2 N–H and O–H groups in total. The molecule has 0 bridgehead atoms. The summed E-state index contributed by atoms with van der Waals surface area (Å²) in [6.45, 7) is 2.29. The van der Waals surface area contributed by atoms with Gasteiger partial charge in [-0.25, -0.2) is 0 Å². The lowest BCUT2D eigenvalue weighted by molar-refractivity contribution is 0.367. The van der Waals surface area contributed by atoms with E-state index in [2.05, 4.69) is 36.2 Å². The Hall–Kier alpha value is -1.41. The molecular formula is C19H26N2. The molecule has 0 saturated heterocycles. The molecular weight excluding hydrogens is 256 g/mol. The maximum atomic E-state index is 6.80. The SMILES string of the molecule is CCCC1CCCC(N)(c2ccc3cccnc3c2)CC1. The van der Waals surface area contributed by atoms with Crippen molar-refractivity contribution in [3.8, 4) is 0 Å². The molecule has 1 aliphatic rings. The van der Waals surface area contributed by atoms with E-state index in [-0.39, 0.29) is 5.54 Å². The minimum absolute atomic E-state index is 0.159. The molecule has 1 heterocycles. The number of hydrogen-bond donors (Lipinski definition) is 1. The molecule has 2 aromatic rings. The number of nitrogens with two attached hydrogens (primary N) is 1. The van der Waals surface area contributed by atoms with E-state index in [0.29, 0.717) is 0 Å². The molecule has 3 rings (SSSR count). The van der Waals surface area contributed by atoms with Crippen LogP contribution in [0.5, 0.6) is 0 Å². The molecule has 0 aliphatic heterocycles. The molecule has 1 aromatic heterocycles. The topological polar surface area (TPSA) is 38.9 Å². The van der Waals surface area contributed by atoms with Gasteiger partial charge in [-0.05, 0) is 42.9 Å². The number of fused-ring (bicyclic) bond motifs is 1. The van der Waals surface area contributed by atoms with Crippen LogP contribution in [0, 0.1) is 5.92 Å². The summed E-state index contributed by atoms with van der Waals surface area (Å²) >= 11 is 0. The molecule has 21 heavy (non-hydrogen) atoms. The zero-order chi connectivity index (χ0) is 14.7. The van der Waals surface area contributed by atoms with Gasteiger partial charge in [0.05, 0.1) is 5.52 Å². The third kappa shape index (κ3) is 3.11. The quantitative estimate of drug-likeness (QED) is 0.824. The molecule has 1 aromatic carbocycles. The van der Waals surface area contributed by atoms with Crippen LogP contribution in [0.15, 0.2) is 36.5 Å². The van der Waals surface area contributed by atoms with Gasteiger partial charge in [-0.15, -0.1) is 0 Å². The standard InChI is InChI=1S/C19H26N2/c1-2-5-15-6-3-11-19(20,12-10-15)17-9-8-16-7-4-13-21-18(16)14-17/h4,7-9,13-15H,2-3,5-6,10-12,20H2,1H3. The van der Waals surface area contributed by atoms with Gasteiger partial charge in [0.1, 0.15) is 0 Å². The van der Waals surface area contributed by atoms with E-state index >= 15 is 0 Å². The van der Waals surface area contributed by atoms with Crippen molar-refractivity contribution in [1.29, 1.82) is 0 Å². The van der Waals surface area contributed by atoms with Crippen molar-refractivity contribution >= 4 is 10.9 Å². The summed E-state index contributed by atoms with van der Waals surface area (Å²) in [6, 6.07) is 10.7. The van der Waals surface area contributed by atoms with E-state index in [1.165, 1.54) is 43.1 Å². The summed E-state index contributed by atoms with van der Waals surface area (Å²) in [4.78, 5) is 4.48. The third-order valence-electron chi connectivity index (χ3n) is 5.11. The fraction of sp³-hybridized carbons (Fsp3) is 0.526. The Morgan fingerprint density at radius 2 is 2.14 bits per heavy atom. The highest BCUT2D eigenvalue weighted by Crippen LogP contribution is 2.37. The molecule has 0 spiro atoms. The first kappa shape index (κ1) is 14.5. The fourth-order valence-corrected chi connectivity index (χ4v) is 3.80. The zero-order valence-electron chi connectivity index (χ0n) is 13.0. The monoisotopic (exact) mass is 282 g/mol. The summed E-state index contributed by atoms with van der Waals surface area (Å²) in [5.41, 5.74) is 8.98. The molecule has 1 fully saturated rings.